The standard InChI is InChI=1S/C15H21NO6S2/c1-20-14(17)13-12(5-8-23-13)24(18,19)16-9-11-10-21-15(22-11)6-3-2-4-7-15/h5,8,11,16H,2-4,6-7,9-10H2,1H3. The lowest BCUT2D eigenvalue weighted by Gasteiger charge is -2.31. The first-order valence-electron chi connectivity index (χ1n) is 7.93. The lowest BCUT2D eigenvalue weighted by molar-refractivity contribution is -0.186. The number of hydrogen-bond donors (Lipinski definition) is 1. The van der Waals surface area contributed by atoms with Gasteiger partial charge >= 0.3 is 5.97 Å². The molecule has 1 atom stereocenters. The Hall–Kier alpha value is -1.00. The van der Waals surface area contributed by atoms with Crippen LogP contribution in [0, 0.1) is 0 Å². The number of methoxy groups -OCH3 is 1. The molecular formula is C15H21NO6S2. The highest BCUT2D eigenvalue weighted by Crippen LogP contribution is 2.37. The number of esters is 1. The second kappa shape index (κ2) is 7.09. The molecule has 1 N–H and O–H groups in total. The van der Waals surface area contributed by atoms with Gasteiger partial charge in [-0.15, -0.1) is 11.3 Å². The second-order valence-corrected chi connectivity index (χ2v) is 8.63. The Balaban J connectivity index is 1.62. The lowest BCUT2D eigenvalue weighted by atomic mass is 9.94. The van der Waals surface area contributed by atoms with Gasteiger partial charge in [-0.1, -0.05) is 6.42 Å². The summed E-state index contributed by atoms with van der Waals surface area (Å²) in [5.74, 6) is -1.19. The summed E-state index contributed by atoms with van der Waals surface area (Å²) < 4.78 is 43.8. The minimum Gasteiger partial charge on any atom is -0.465 e. The van der Waals surface area contributed by atoms with Crippen molar-refractivity contribution < 1.29 is 27.4 Å². The third-order valence-corrected chi connectivity index (χ3v) is 6.81. The molecule has 1 unspecified atom stereocenters. The lowest BCUT2D eigenvalue weighted by Crippen LogP contribution is -2.37. The van der Waals surface area contributed by atoms with Gasteiger partial charge in [-0.05, 0) is 24.3 Å². The highest BCUT2D eigenvalue weighted by atomic mass is 32.2. The number of rotatable bonds is 5. The molecule has 3 rings (SSSR count). The van der Waals surface area contributed by atoms with Gasteiger partial charge in [0.15, 0.2) is 5.79 Å². The highest BCUT2D eigenvalue weighted by Gasteiger charge is 2.42. The van der Waals surface area contributed by atoms with Crippen LogP contribution in [-0.4, -0.2) is 46.5 Å². The van der Waals surface area contributed by atoms with E-state index in [1.165, 1.54) is 19.6 Å². The molecule has 1 saturated heterocycles. The van der Waals surface area contributed by atoms with Crippen LogP contribution in [-0.2, 0) is 24.2 Å². The van der Waals surface area contributed by atoms with Crippen LogP contribution in [0.5, 0.6) is 0 Å². The van der Waals surface area contributed by atoms with Gasteiger partial charge in [0, 0.05) is 19.4 Å². The first kappa shape index (κ1) is 17.8. The maximum atomic E-state index is 12.5. The van der Waals surface area contributed by atoms with E-state index >= 15 is 0 Å². The molecule has 0 bridgehead atoms. The number of sulfonamides is 1. The zero-order valence-corrected chi connectivity index (χ0v) is 15.1. The largest absolute Gasteiger partial charge is 0.465 e. The second-order valence-electron chi connectivity index (χ2n) is 5.98. The molecule has 9 heteroatoms. The van der Waals surface area contributed by atoms with E-state index in [9.17, 15) is 13.2 Å². The molecule has 1 saturated carbocycles. The SMILES string of the molecule is COC(=O)c1sccc1S(=O)(=O)NCC1COC2(CCCCC2)O1. The predicted octanol–water partition coefficient (Wildman–Crippen LogP) is 1.89. The summed E-state index contributed by atoms with van der Waals surface area (Å²) in [5, 5.41) is 1.55. The Morgan fingerprint density at radius 1 is 1.42 bits per heavy atom. The average molecular weight is 375 g/mol. The Kier molecular flexibility index (Phi) is 5.26. The van der Waals surface area contributed by atoms with Gasteiger partial charge in [0.25, 0.3) is 0 Å². The van der Waals surface area contributed by atoms with Crippen LogP contribution in [0.1, 0.15) is 41.8 Å². The van der Waals surface area contributed by atoms with Crippen LogP contribution in [0.4, 0.5) is 0 Å². The molecule has 0 radical (unpaired) electrons. The van der Waals surface area contributed by atoms with Gasteiger partial charge in [-0.25, -0.2) is 17.9 Å². The maximum Gasteiger partial charge on any atom is 0.349 e. The van der Waals surface area contributed by atoms with E-state index in [0.717, 1.165) is 37.0 Å². The van der Waals surface area contributed by atoms with Crippen molar-refractivity contribution in [1.82, 2.24) is 4.72 Å². The summed E-state index contributed by atoms with van der Waals surface area (Å²) in [5.41, 5.74) is 0. The smallest absolute Gasteiger partial charge is 0.349 e. The Morgan fingerprint density at radius 3 is 2.88 bits per heavy atom. The van der Waals surface area contributed by atoms with E-state index in [4.69, 9.17) is 9.47 Å². The van der Waals surface area contributed by atoms with Gasteiger partial charge in [-0.3, -0.25) is 0 Å². The van der Waals surface area contributed by atoms with Crippen molar-refractivity contribution in [2.45, 2.75) is 48.9 Å². The van der Waals surface area contributed by atoms with Crippen LogP contribution in [0.3, 0.4) is 0 Å². The van der Waals surface area contributed by atoms with Gasteiger partial charge in [0.05, 0.1) is 19.8 Å². The van der Waals surface area contributed by atoms with E-state index < -0.39 is 21.8 Å². The van der Waals surface area contributed by atoms with Crippen LogP contribution in [0.15, 0.2) is 16.3 Å². The van der Waals surface area contributed by atoms with Crippen LogP contribution >= 0.6 is 11.3 Å². The summed E-state index contributed by atoms with van der Waals surface area (Å²) >= 11 is 1.04. The highest BCUT2D eigenvalue weighted by molar-refractivity contribution is 7.89. The molecule has 24 heavy (non-hydrogen) atoms. The van der Waals surface area contributed by atoms with Crippen molar-refractivity contribution >= 4 is 27.3 Å². The van der Waals surface area contributed by atoms with Gasteiger partial charge in [0.1, 0.15) is 9.77 Å². The minimum atomic E-state index is -3.81. The van der Waals surface area contributed by atoms with Crippen molar-refractivity contribution in [3.63, 3.8) is 0 Å². The molecule has 7 nitrogen and oxygen atoms in total. The van der Waals surface area contributed by atoms with E-state index in [2.05, 4.69) is 9.46 Å². The first-order chi connectivity index (χ1) is 11.5. The molecular weight excluding hydrogens is 354 g/mol. The Morgan fingerprint density at radius 2 is 2.17 bits per heavy atom. The van der Waals surface area contributed by atoms with Crippen molar-refractivity contribution in [2.75, 3.05) is 20.3 Å². The third kappa shape index (κ3) is 3.65. The summed E-state index contributed by atoms with van der Waals surface area (Å²) in [7, 11) is -2.59. The van der Waals surface area contributed by atoms with E-state index in [1.54, 1.807) is 5.38 Å². The molecule has 1 aromatic rings. The topological polar surface area (TPSA) is 90.9 Å². The molecule has 134 valence electrons. The zero-order valence-electron chi connectivity index (χ0n) is 13.4. The quantitative estimate of drug-likeness (QED) is 0.791. The molecule has 2 aliphatic rings. The van der Waals surface area contributed by atoms with E-state index in [0.29, 0.717) is 6.61 Å². The number of carbonyl (C=O) groups excluding carboxylic acids is 1. The van der Waals surface area contributed by atoms with Crippen LogP contribution < -0.4 is 4.72 Å². The van der Waals surface area contributed by atoms with E-state index in [1.807, 2.05) is 0 Å². The third-order valence-electron chi connectivity index (χ3n) is 4.32. The van der Waals surface area contributed by atoms with E-state index in [-0.39, 0.29) is 22.4 Å². The number of hydrogen-bond acceptors (Lipinski definition) is 7. The molecule has 1 aliphatic carbocycles. The zero-order chi connectivity index (χ0) is 17.2. The van der Waals surface area contributed by atoms with Crippen molar-refractivity contribution in [1.29, 1.82) is 0 Å². The predicted molar refractivity (Wildman–Crippen MR) is 87.5 cm³/mol. The maximum absolute atomic E-state index is 12.5. The molecule has 0 amide bonds. The summed E-state index contributed by atoms with van der Waals surface area (Å²) in [4.78, 5) is 11.7. The fourth-order valence-corrected chi connectivity index (χ4v) is 5.50. The fraction of sp³-hybridized carbons (Fsp3) is 0.667. The normalized spacial score (nSPS) is 23.5. The first-order valence-corrected chi connectivity index (χ1v) is 10.3. The average Bonchev–Trinajstić information content (AvgIpc) is 3.21. The Labute approximate surface area is 145 Å². The van der Waals surface area contributed by atoms with Gasteiger partial charge < -0.3 is 14.2 Å². The van der Waals surface area contributed by atoms with Crippen molar-refractivity contribution in [3.8, 4) is 0 Å². The number of carbonyl (C=O) groups is 1. The molecule has 2 heterocycles. The number of ether oxygens (including phenoxy) is 3. The molecule has 1 aliphatic heterocycles. The number of nitrogens with one attached hydrogen (secondary N) is 1. The monoisotopic (exact) mass is 375 g/mol. The van der Waals surface area contributed by atoms with Crippen LogP contribution in [0.25, 0.3) is 0 Å². The fourth-order valence-electron chi connectivity index (χ4n) is 3.10. The van der Waals surface area contributed by atoms with Crippen molar-refractivity contribution in [2.24, 2.45) is 0 Å². The minimum absolute atomic E-state index is 0.0642. The molecule has 0 aromatic carbocycles. The number of thiophene rings is 1. The summed E-state index contributed by atoms with van der Waals surface area (Å²) in [6, 6.07) is 1.40. The molecule has 2 fully saturated rings. The van der Waals surface area contributed by atoms with Crippen LogP contribution in [0.2, 0.25) is 0 Å². The van der Waals surface area contributed by atoms with Gasteiger partial charge in [-0.2, -0.15) is 0 Å². The summed E-state index contributed by atoms with van der Waals surface area (Å²) in [6.07, 6.45) is 4.70. The van der Waals surface area contributed by atoms with Crippen molar-refractivity contribution in [3.05, 3.63) is 16.3 Å². The molecule has 1 spiro atoms. The molecule has 1 aromatic heterocycles. The Bertz CT molecular complexity index is 693. The van der Waals surface area contributed by atoms with Gasteiger partial charge in [0.2, 0.25) is 10.0 Å². The summed E-state index contributed by atoms with van der Waals surface area (Å²) in [6.45, 7) is 0.483.